The predicted octanol–water partition coefficient (Wildman–Crippen LogP) is -0.660. The molecule has 2 heteroatoms. The van der Waals surface area contributed by atoms with Crippen LogP contribution in [0.3, 0.4) is 0 Å². The first kappa shape index (κ1) is 4.86. The van der Waals surface area contributed by atoms with Crippen LogP contribution in [-0.2, 0) is 0 Å². The van der Waals surface area contributed by atoms with E-state index in [4.69, 9.17) is 0 Å². The number of aromatic nitrogens is 1. The molecule has 0 radical (unpaired) electrons. The van der Waals surface area contributed by atoms with Gasteiger partial charge in [0.2, 0.25) is 0 Å². The van der Waals surface area contributed by atoms with Gasteiger partial charge in [-0.15, -0.1) is 0 Å². The van der Waals surface area contributed by atoms with Crippen LogP contribution in [0.2, 0.25) is 0 Å². The molecule has 7 heavy (non-hydrogen) atoms. The van der Waals surface area contributed by atoms with Crippen molar-refractivity contribution in [2.24, 2.45) is 0 Å². The number of rotatable bonds is 0. The maximum atomic E-state index is 3.90. The second-order valence-corrected chi connectivity index (χ2v) is 2.69. The molecule has 36 valence electrons. The molecule has 1 aromatic rings. The van der Waals surface area contributed by atoms with Crippen LogP contribution in [0, 0.1) is 0 Å². The molecular formula is C5H6AsN. The molecule has 0 aliphatic rings. The van der Waals surface area contributed by atoms with E-state index in [0.717, 1.165) is 0 Å². The van der Waals surface area contributed by atoms with Gasteiger partial charge in [-0.05, 0) is 0 Å². The van der Waals surface area contributed by atoms with Gasteiger partial charge in [-0.25, -0.2) is 0 Å². The molecule has 1 aromatic heterocycles. The number of hydrogen-bond acceptors (Lipinski definition) is 1. The molecule has 1 unspecified atom stereocenters. The minimum absolute atomic E-state index is 1.27. The van der Waals surface area contributed by atoms with E-state index in [1.54, 1.807) is 23.0 Å². The van der Waals surface area contributed by atoms with E-state index in [1.807, 2.05) is 18.3 Å². The third-order valence-corrected chi connectivity index (χ3v) is 1.40. The van der Waals surface area contributed by atoms with Crippen LogP contribution in [-0.4, -0.2) is 21.8 Å². The van der Waals surface area contributed by atoms with E-state index < -0.39 is 0 Å². The van der Waals surface area contributed by atoms with Gasteiger partial charge in [-0.3, -0.25) is 0 Å². The zero-order valence-electron chi connectivity index (χ0n) is 3.83. The molecule has 0 aromatic carbocycles. The Kier molecular flexibility index (Phi) is 1.48. The Morgan fingerprint density at radius 2 is 2.43 bits per heavy atom. The van der Waals surface area contributed by atoms with Gasteiger partial charge in [0.05, 0.1) is 0 Å². The second kappa shape index (κ2) is 2.13. The molecule has 0 spiro atoms. The Labute approximate surface area is 51.3 Å². The van der Waals surface area contributed by atoms with E-state index in [1.165, 1.54) is 4.35 Å². The zero-order chi connectivity index (χ0) is 5.11. The molecular weight excluding hydrogens is 149 g/mol. The third-order valence-electron chi connectivity index (χ3n) is 0.684. The Balaban J connectivity index is 3.02. The van der Waals surface area contributed by atoms with Crippen molar-refractivity contribution in [2.45, 2.75) is 0 Å². The summed E-state index contributed by atoms with van der Waals surface area (Å²) in [5, 5.41) is 0. The average molecular weight is 155 g/mol. The number of pyridine rings is 1. The quantitative estimate of drug-likeness (QED) is 0.453. The summed E-state index contributed by atoms with van der Waals surface area (Å²) in [4.78, 5) is 3.90. The summed E-state index contributed by atoms with van der Waals surface area (Å²) < 4.78 is 1.27. The summed E-state index contributed by atoms with van der Waals surface area (Å²) in [5.41, 5.74) is 0. The molecule has 0 bridgehead atoms. The van der Waals surface area contributed by atoms with E-state index in [-0.39, 0.29) is 0 Å². The first-order valence-electron chi connectivity index (χ1n) is 2.05. The molecule has 0 aliphatic carbocycles. The average Bonchev–Trinajstić information content (AvgIpc) is 1.69. The fourth-order valence-corrected chi connectivity index (χ4v) is 0.790. The Hall–Kier alpha value is -0.292. The predicted molar refractivity (Wildman–Crippen MR) is 32.4 cm³/mol. The van der Waals surface area contributed by atoms with E-state index >= 15 is 0 Å². The summed E-state index contributed by atoms with van der Waals surface area (Å²) in [6.07, 6.45) is 3.64. The summed E-state index contributed by atoms with van der Waals surface area (Å²) >= 11 is 1.61. The molecule has 0 amide bonds. The Morgan fingerprint density at radius 3 is 2.71 bits per heavy atom. The minimum atomic E-state index is 1.27. The third kappa shape index (κ3) is 1.32. The normalized spacial score (nSPS) is 8.71. The second-order valence-electron chi connectivity index (χ2n) is 1.29. The van der Waals surface area contributed by atoms with Crippen LogP contribution in [0.15, 0.2) is 24.5 Å². The Morgan fingerprint density at radius 1 is 1.57 bits per heavy atom. The number of nitrogens with zero attached hydrogens (tertiary/aromatic N) is 1. The van der Waals surface area contributed by atoms with Crippen molar-refractivity contribution in [1.29, 1.82) is 0 Å². The van der Waals surface area contributed by atoms with Gasteiger partial charge in [0.25, 0.3) is 0 Å². The monoisotopic (exact) mass is 155 g/mol. The van der Waals surface area contributed by atoms with Gasteiger partial charge in [-0.1, -0.05) is 0 Å². The van der Waals surface area contributed by atoms with Crippen molar-refractivity contribution in [3.63, 3.8) is 0 Å². The molecule has 1 nitrogen and oxygen atoms in total. The van der Waals surface area contributed by atoms with Crippen molar-refractivity contribution in [2.75, 3.05) is 0 Å². The molecule has 0 saturated carbocycles. The van der Waals surface area contributed by atoms with Gasteiger partial charge in [0, 0.05) is 0 Å². The van der Waals surface area contributed by atoms with E-state index in [2.05, 4.69) is 4.98 Å². The van der Waals surface area contributed by atoms with Crippen molar-refractivity contribution in [1.82, 2.24) is 4.98 Å². The van der Waals surface area contributed by atoms with Gasteiger partial charge in [0.1, 0.15) is 0 Å². The first-order valence-corrected chi connectivity index (χ1v) is 3.26. The van der Waals surface area contributed by atoms with Crippen molar-refractivity contribution in [3.05, 3.63) is 24.5 Å². The summed E-state index contributed by atoms with van der Waals surface area (Å²) in [7, 11) is 0. The van der Waals surface area contributed by atoms with Gasteiger partial charge >= 0.3 is 50.7 Å². The maximum absolute atomic E-state index is 3.90. The van der Waals surface area contributed by atoms with Crippen LogP contribution in [0.25, 0.3) is 0 Å². The summed E-state index contributed by atoms with van der Waals surface area (Å²) in [5.74, 6) is 0. The first-order chi connectivity index (χ1) is 3.39. The van der Waals surface area contributed by atoms with Gasteiger partial charge in [0.15, 0.2) is 0 Å². The molecule has 0 saturated heterocycles. The van der Waals surface area contributed by atoms with Gasteiger partial charge in [-0.2, -0.15) is 0 Å². The standard InChI is InChI=1S/C5H6AsN/c6-5-2-1-3-7-4-5/h1-4H,6H2. The number of hydrogen-bond donors (Lipinski definition) is 0. The summed E-state index contributed by atoms with van der Waals surface area (Å²) in [6.45, 7) is 0. The van der Waals surface area contributed by atoms with Crippen molar-refractivity contribution < 1.29 is 0 Å². The molecule has 0 aliphatic heterocycles. The van der Waals surface area contributed by atoms with Crippen LogP contribution in [0.1, 0.15) is 0 Å². The SMILES string of the molecule is [AsH2]c1cccnc1. The van der Waals surface area contributed by atoms with Crippen molar-refractivity contribution >= 4 is 21.2 Å². The van der Waals surface area contributed by atoms with Crippen LogP contribution < -0.4 is 4.35 Å². The van der Waals surface area contributed by atoms with Crippen LogP contribution >= 0.6 is 0 Å². The molecule has 1 atom stereocenters. The fourth-order valence-electron chi connectivity index (χ4n) is 0.376. The zero-order valence-corrected chi connectivity index (χ0v) is 6.26. The molecule has 1 rings (SSSR count). The van der Waals surface area contributed by atoms with E-state index in [9.17, 15) is 0 Å². The van der Waals surface area contributed by atoms with Gasteiger partial charge < -0.3 is 0 Å². The van der Waals surface area contributed by atoms with E-state index in [0.29, 0.717) is 0 Å². The van der Waals surface area contributed by atoms with Crippen molar-refractivity contribution in [3.8, 4) is 0 Å². The van der Waals surface area contributed by atoms with Crippen LogP contribution in [0.4, 0.5) is 0 Å². The summed E-state index contributed by atoms with van der Waals surface area (Å²) in [6, 6.07) is 3.99. The Bertz CT molecular complexity index is 138. The molecule has 0 fully saturated rings. The fraction of sp³-hybridized carbons (Fsp3) is 0. The molecule has 0 N–H and O–H groups in total. The molecule has 1 heterocycles. The topological polar surface area (TPSA) is 12.9 Å². The van der Waals surface area contributed by atoms with Crippen LogP contribution in [0.5, 0.6) is 0 Å².